The van der Waals surface area contributed by atoms with Crippen LogP contribution in [0.3, 0.4) is 0 Å². The normalized spacial score (nSPS) is 15.6. The summed E-state index contributed by atoms with van der Waals surface area (Å²) in [6, 6.07) is 12.4. The second-order valence-electron chi connectivity index (χ2n) is 5.03. The van der Waals surface area contributed by atoms with Crippen molar-refractivity contribution < 1.29 is 9.72 Å². The van der Waals surface area contributed by atoms with Gasteiger partial charge in [-0.1, -0.05) is 45.5 Å². The van der Waals surface area contributed by atoms with Crippen molar-refractivity contribution in [2.24, 2.45) is 10.2 Å². The van der Waals surface area contributed by atoms with Crippen molar-refractivity contribution in [2.75, 3.05) is 5.75 Å². The zero-order valence-electron chi connectivity index (χ0n) is 13.1. The van der Waals surface area contributed by atoms with E-state index in [2.05, 4.69) is 31.4 Å². The van der Waals surface area contributed by atoms with Gasteiger partial charge in [-0.2, -0.15) is 5.10 Å². The van der Waals surface area contributed by atoms with Gasteiger partial charge in [-0.25, -0.2) is 0 Å². The van der Waals surface area contributed by atoms with Crippen LogP contribution in [-0.4, -0.2) is 28.0 Å². The maximum atomic E-state index is 11.4. The number of nitro groups is 1. The van der Waals surface area contributed by atoms with E-state index >= 15 is 0 Å². The molecule has 2 aromatic carbocycles. The minimum Gasteiger partial charge on any atom is -0.303 e. The predicted molar refractivity (Wildman–Crippen MR) is 107 cm³/mol. The third-order valence-electron chi connectivity index (χ3n) is 3.16. The molecule has 0 radical (unpaired) electrons. The van der Waals surface area contributed by atoms with E-state index < -0.39 is 4.92 Å². The van der Waals surface area contributed by atoms with Crippen LogP contribution in [0.4, 0.5) is 5.69 Å². The minimum absolute atomic E-state index is 0.00179. The summed E-state index contributed by atoms with van der Waals surface area (Å²) in [5, 5.41) is 22.1. The SMILES string of the molecule is O=C1CSC(=NN=Cc2ccc(Sc3ccc(Br)cc3)c([N+](=O)[O-])c2)N1. The van der Waals surface area contributed by atoms with Gasteiger partial charge in [-0.3, -0.25) is 14.9 Å². The molecule has 0 spiro atoms. The molecular weight excluding hydrogens is 440 g/mol. The third-order valence-corrected chi connectivity index (χ3v) is 5.63. The molecule has 10 heteroatoms. The number of thioether (sulfide) groups is 1. The van der Waals surface area contributed by atoms with Crippen molar-refractivity contribution in [3.05, 3.63) is 62.6 Å². The highest BCUT2D eigenvalue weighted by atomic mass is 79.9. The lowest BCUT2D eigenvalue weighted by molar-refractivity contribution is -0.387. The molecule has 1 aliphatic heterocycles. The van der Waals surface area contributed by atoms with Gasteiger partial charge in [0.15, 0.2) is 5.17 Å². The number of benzene rings is 2. The summed E-state index contributed by atoms with van der Waals surface area (Å²) in [7, 11) is 0. The maximum absolute atomic E-state index is 11.4. The number of hydrogen-bond acceptors (Lipinski definition) is 7. The van der Waals surface area contributed by atoms with Gasteiger partial charge in [0.05, 0.1) is 21.8 Å². The van der Waals surface area contributed by atoms with Gasteiger partial charge in [0.1, 0.15) is 0 Å². The molecule has 1 amide bonds. The van der Waals surface area contributed by atoms with E-state index in [4.69, 9.17) is 0 Å². The Bertz CT molecular complexity index is 916. The van der Waals surface area contributed by atoms with Crippen molar-refractivity contribution in [1.29, 1.82) is 0 Å². The van der Waals surface area contributed by atoms with Gasteiger partial charge in [-0.05, 0) is 30.3 Å². The van der Waals surface area contributed by atoms with Crippen molar-refractivity contribution in [2.45, 2.75) is 9.79 Å². The summed E-state index contributed by atoms with van der Waals surface area (Å²) < 4.78 is 0.946. The van der Waals surface area contributed by atoms with Gasteiger partial charge >= 0.3 is 0 Å². The molecule has 1 fully saturated rings. The fraction of sp³-hybridized carbons (Fsp3) is 0.0625. The molecule has 0 atom stereocenters. The van der Waals surface area contributed by atoms with Crippen molar-refractivity contribution >= 4 is 62.4 Å². The summed E-state index contributed by atoms with van der Waals surface area (Å²) in [4.78, 5) is 23.5. The Morgan fingerprint density at radius 1 is 1.27 bits per heavy atom. The molecule has 0 aromatic heterocycles. The smallest absolute Gasteiger partial charge is 0.283 e. The number of nitro benzene ring substituents is 1. The molecular formula is C16H11BrN4O3S2. The Kier molecular flexibility index (Phi) is 6.07. The van der Waals surface area contributed by atoms with Crippen LogP contribution in [0.1, 0.15) is 5.56 Å². The van der Waals surface area contributed by atoms with Crippen molar-refractivity contribution in [3.63, 3.8) is 0 Å². The number of nitrogens with zero attached hydrogens (tertiary/aromatic N) is 3. The molecule has 2 aromatic rings. The summed E-state index contributed by atoms with van der Waals surface area (Å²) in [6.45, 7) is 0. The molecule has 0 bridgehead atoms. The lowest BCUT2D eigenvalue weighted by atomic mass is 10.2. The monoisotopic (exact) mass is 450 g/mol. The van der Waals surface area contributed by atoms with E-state index in [9.17, 15) is 14.9 Å². The Morgan fingerprint density at radius 2 is 2.04 bits per heavy atom. The van der Waals surface area contributed by atoms with E-state index in [0.29, 0.717) is 21.4 Å². The van der Waals surface area contributed by atoms with Crippen LogP contribution in [0.5, 0.6) is 0 Å². The second-order valence-corrected chi connectivity index (χ2v) is 8.02. The average Bonchev–Trinajstić information content (AvgIpc) is 3.03. The summed E-state index contributed by atoms with van der Waals surface area (Å²) in [5.41, 5.74) is 0.550. The predicted octanol–water partition coefficient (Wildman–Crippen LogP) is 4.06. The van der Waals surface area contributed by atoms with Crippen LogP contribution in [0.25, 0.3) is 0 Å². The highest BCUT2D eigenvalue weighted by Crippen LogP contribution is 2.35. The summed E-state index contributed by atoms with van der Waals surface area (Å²) >= 11 is 5.94. The first kappa shape index (κ1) is 18.6. The highest BCUT2D eigenvalue weighted by molar-refractivity contribution is 9.10. The fourth-order valence-electron chi connectivity index (χ4n) is 2.00. The number of hydrogen-bond donors (Lipinski definition) is 1. The molecule has 7 nitrogen and oxygen atoms in total. The van der Waals surface area contributed by atoms with Gasteiger partial charge in [-0.15, -0.1) is 5.10 Å². The molecule has 1 heterocycles. The van der Waals surface area contributed by atoms with Gasteiger partial charge in [0.25, 0.3) is 5.69 Å². The molecule has 0 aliphatic carbocycles. The molecule has 0 unspecified atom stereocenters. The topological polar surface area (TPSA) is 97.0 Å². The van der Waals surface area contributed by atoms with E-state index in [-0.39, 0.29) is 11.6 Å². The number of carbonyl (C=O) groups excluding carboxylic acids is 1. The van der Waals surface area contributed by atoms with E-state index in [1.54, 1.807) is 12.1 Å². The van der Waals surface area contributed by atoms with Gasteiger partial charge < -0.3 is 5.32 Å². The van der Waals surface area contributed by atoms with E-state index in [0.717, 1.165) is 9.37 Å². The van der Waals surface area contributed by atoms with Crippen molar-refractivity contribution in [3.8, 4) is 0 Å². The molecule has 0 saturated carbocycles. The summed E-state index contributed by atoms with van der Waals surface area (Å²) in [5.74, 6) is 0.204. The van der Waals surface area contributed by atoms with Crippen LogP contribution >= 0.6 is 39.5 Å². The Labute approximate surface area is 165 Å². The zero-order valence-corrected chi connectivity index (χ0v) is 16.3. The zero-order chi connectivity index (χ0) is 18.5. The van der Waals surface area contributed by atoms with Gasteiger partial charge in [0.2, 0.25) is 5.91 Å². The second kappa shape index (κ2) is 8.47. The lowest BCUT2D eigenvalue weighted by Crippen LogP contribution is -2.19. The van der Waals surface area contributed by atoms with Crippen LogP contribution in [0.15, 0.2) is 66.9 Å². The number of amides is 1. The summed E-state index contributed by atoms with van der Waals surface area (Å²) in [6.07, 6.45) is 1.42. The lowest BCUT2D eigenvalue weighted by Gasteiger charge is -2.04. The number of amidine groups is 1. The Hall–Kier alpha value is -2.17. The standard InChI is InChI=1S/C16H11BrN4O3S2/c17-11-2-4-12(5-3-11)26-14-6-1-10(7-13(14)21(23)24)8-18-20-16-19-15(22)9-25-16/h1-8H,9H2,(H,19,20,22). The first-order chi connectivity index (χ1) is 12.5. The first-order valence-corrected chi connectivity index (χ1v) is 9.86. The molecule has 26 heavy (non-hydrogen) atoms. The van der Waals surface area contributed by atoms with Crippen LogP contribution in [-0.2, 0) is 4.79 Å². The molecule has 3 rings (SSSR count). The molecule has 132 valence electrons. The number of carbonyl (C=O) groups is 1. The van der Waals surface area contributed by atoms with Crippen LogP contribution in [0, 0.1) is 10.1 Å². The van der Waals surface area contributed by atoms with Crippen LogP contribution < -0.4 is 5.32 Å². The number of rotatable bonds is 5. The number of halogens is 1. The Morgan fingerprint density at radius 3 is 2.69 bits per heavy atom. The average molecular weight is 451 g/mol. The quantitative estimate of drug-likeness (QED) is 0.420. The highest BCUT2D eigenvalue weighted by Gasteiger charge is 2.17. The molecule has 1 N–H and O–H groups in total. The fourth-order valence-corrected chi connectivity index (χ4v) is 3.80. The van der Waals surface area contributed by atoms with Crippen molar-refractivity contribution in [1.82, 2.24) is 5.32 Å². The maximum Gasteiger partial charge on any atom is 0.283 e. The van der Waals surface area contributed by atoms with E-state index in [1.807, 2.05) is 24.3 Å². The van der Waals surface area contributed by atoms with Gasteiger partial charge in [0, 0.05) is 21.0 Å². The van der Waals surface area contributed by atoms with E-state index in [1.165, 1.54) is 35.8 Å². The third kappa shape index (κ3) is 4.93. The molecule has 1 saturated heterocycles. The van der Waals surface area contributed by atoms with Crippen LogP contribution in [0.2, 0.25) is 0 Å². The first-order valence-electron chi connectivity index (χ1n) is 7.27. The molecule has 1 aliphatic rings. The minimum atomic E-state index is -0.419. The Balaban J connectivity index is 1.79. The largest absolute Gasteiger partial charge is 0.303 e. The number of nitrogens with one attached hydrogen (secondary N) is 1.